The molecule has 1 fully saturated rings. The number of rotatable bonds is 3. The van der Waals surface area contributed by atoms with Crippen molar-refractivity contribution in [2.45, 2.75) is 25.8 Å². The summed E-state index contributed by atoms with van der Waals surface area (Å²) in [6, 6.07) is 5.05. The van der Waals surface area contributed by atoms with Gasteiger partial charge in [-0.2, -0.15) is 0 Å². The summed E-state index contributed by atoms with van der Waals surface area (Å²) in [5.41, 5.74) is 7.57. The Hall–Kier alpha value is -1.31. The van der Waals surface area contributed by atoms with Gasteiger partial charge in [0.25, 0.3) is 5.91 Å². The van der Waals surface area contributed by atoms with Crippen LogP contribution in [0, 0.1) is 6.92 Å². The van der Waals surface area contributed by atoms with Gasteiger partial charge in [-0.25, -0.2) is 8.42 Å². The third-order valence-electron chi connectivity index (χ3n) is 3.52. The van der Waals surface area contributed by atoms with E-state index < -0.39 is 10.0 Å². The van der Waals surface area contributed by atoms with Crippen molar-refractivity contribution in [2.24, 2.45) is 5.73 Å². The summed E-state index contributed by atoms with van der Waals surface area (Å²) in [7, 11) is -3.37. The van der Waals surface area contributed by atoms with Crippen molar-refractivity contribution in [1.29, 1.82) is 0 Å². The lowest BCUT2D eigenvalue weighted by atomic mass is 10.0. The van der Waals surface area contributed by atoms with Crippen LogP contribution in [0.4, 0.5) is 5.69 Å². The van der Waals surface area contributed by atoms with E-state index in [1.165, 1.54) is 0 Å². The van der Waals surface area contributed by atoms with E-state index in [2.05, 4.69) is 4.72 Å². The molecule has 124 valence electrons. The molecule has 1 aromatic rings. The van der Waals surface area contributed by atoms with E-state index in [0.717, 1.165) is 24.7 Å². The Bertz CT molecular complexity index is 649. The smallest absolute Gasteiger partial charge is 0.253 e. The molecule has 0 aromatic heterocycles. The van der Waals surface area contributed by atoms with E-state index >= 15 is 0 Å². The minimum atomic E-state index is -3.37. The van der Waals surface area contributed by atoms with Gasteiger partial charge in [0.05, 0.1) is 11.9 Å². The van der Waals surface area contributed by atoms with Gasteiger partial charge < -0.3 is 10.6 Å². The van der Waals surface area contributed by atoms with E-state index in [4.69, 9.17) is 5.73 Å². The molecule has 0 bridgehead atoms. The SMILES string of the molecule is Cc1ccc(C(=O)N2CCCC(N)C2)cc1NS(C)(=O)=O.Cl. The fourth-order valence-electron chi connectivity index (χ4n) is 2.44. The van der Waals surface area contributed by atoms with Crippen LogP contribution in [0.1, 0.15) is 28.8 Å². The number of nitrogens with zero attached hydrogens (tertiary/aromatic N) is 1. The molecule has 1 aliphatic heterocycles. The first-order valence-corrected chi connectivity index (χ1v) is 8.79. The number of hydrogen-bond donors (Lipinski definition) is 2. The molecular weight excluding hydrogens is 326 g/mol. The largest absolute Gasteiger partial charge is 0.337 e. The second kappa shape index (κ2) is 7.30. The second-order valence-corrected chi connectivity index (χ2v) is 7.31. The predicted molar refractivity (Wildman–Crippen MR) is 90.0 cm³/mol. The van der Waals surface area contributed by atoms with Crippen LogP contribution in [-0.4, -0.2) is 44.6 Å². The first-order chi connectivity index (χ1) is 9.76. The number of piperidine rings is 1. The number of halogens is 1. The molecule has 0 radical (unpaired) electrons. The van der Waals surface area contributed by atoms with Crippen molar-refractivity contribution in [1.82, 2.24) is 4.90 Å². The van der Waals surface area contributed by atoms with Gasteiger partial charge >= 0.3 is 0 Å². The zero-order valence-corrected chi connectivity index (χ0v) is 14.3. The molecule has 1 unspecified atom stereocenters. The van der Waals surface area contributed by atoms with E-state index in [1.807, 2.05) is 0 Å². The molecule has 1 amide bonds. The monoisotopic (exact) mass is 347 g/mol. The molecule has 1 aliphatic rings. The van der Waals surface area contributed by atoms with E-state index in [0.29, 0.717) is 24.3 Å². The van der Waals surface area contributed by atoms with E-state index in [9.17, 15) is 13.2 Å². The van der Waals surface area contributed by atoms with Crippen molar-refractivity contribution >= 4 is 34.0 Å². The number of benzene rings is 1. The Morgan fingerprint density at radius 3 is 2.68 bits per heavy atom. The molecule has 22 heavy (non-hydrogen) atoms. The number of carbonyl (C=O) groups is 1. The summed E-state index contributed by atoms with van der Waals surface area (Å²) in [5.74, 6) is -0.110. The number of anilines is 1. The Balaban J connectivity index is 0.00000242. The van der Waals surface area contributed by atoms with Gasteiger partial charge in [0.15, 0.2) is 0 Å². The molecule has 8 heteroatoms. The molecule has 1 aromatic carbocycles. The highest BCUT2D eigenvalue weighted by Crippen LogP contribution is 2.20. The van der Waals surface area contributed by atoms with E-state index in [1.54, 1.807) is 30.0 Å². The first kappa shape index (κ1) is 18.7. The quantitative estimate of drug-likeness (QED) is 0.863. The van der Waals surface area contributed by atoms with Crippen molar-refractivity contribution in [2.75, 3.05) is 24.1 Å². The van der Waals surface area contributed by atoms with Crippen LogP contribution in [0.5, 0.6) is 0 Å². The van der Waals surface area contributed by atoms with Crippen LogP contribution in [-0.2, 0) is 10.0 Å². The standard InChI is InChI=1S/C14H21N3O3S.ClH/c1-10-5-6-11(8-13(10)16-21(2,19)20)14(18)17-7-3-4-12(15)9-17;/h5-6,8,12,16H,3-4,7,9,15H2,1-2H3;1H. The predicted octanol–water partition coefficient (Wildman–Crippen LogP) is 1.35. The highest BCUT2D eigenvalue weighted by Gasteiger charge is 2.22. The van der Waals surface area contributed by atoms with Crippen molar-refractivity contribution in [3.05, 3.63) is 29.3 Å². The molecule has 0 aliphatic carbocycles. The number of carbonyl (C=O) groups excluding carboxylic acids is 1. The molecule has 6 nitrogen and oxygen atoms in total. The van der Waals surface area contributed by atoms with Crippen LogP contribution < -0.4 is 10.5 Å². The minimum absolute atomic E-state index is 0. The maximum atomic E-state index is 12.5. The number of aryl methyl sites for hydroxylation is 1. The molecule has 1 atom stereocenters. The minimum Gasteiger partial charge on any atom is -0.337 e. The lowest BCUT2D eigenvalue weighted by Gasteiger charge is -2.31. The number of nitrogens with two attached hydrogens (primary N) is 1. The molecule has 1 heterocycles. The van der Waals surface area contributed by atoms with Gasteiger partial charge in [-0.3, -0.25) is 9.52 Å². The summed E-state index contributed by atoms with van der Waals surface area (Å²) < 4.78 is 25.1. The molecule has 1 saturated heterocycles. The molecule has 2 rings (SSSR count). The third kappa shape index (κ3) is 4.86. The van der Waals surface area contributed by atoms with Crippen molar-refractivity contribution in [3.8, 4) is 0 Å². The topological polar surface area (TPSA) is 92.5 Å². The van der Waals surface area contributed by atoms with E-state index in [-0.39, 0.29) is 24.4 Å². The summed E-state index contributed by atoms with van der Waals surface area (Å²) in [5, 5.41) is 0. The normalized spacial score (nSPS) is 18.5. The zero-order chi connectivity index (χ0) is 15.6. The average Bonchev–Trinajstić information content (AvgIpc) is 2.39. The van der Waals surface area contributed by atoms with Crippen LogP contribution in [0.3, 0.4) is 0 Å². The Kier molecular flexibility index (Phi) is 6.22. The number of sulfonamides is 1. The fourth-order valence-corrected chi connectivity index (χ4v) is 3.06. The van der Waals surface area contributed by atoms with Gasteiger partial charge in [-0.15, -0.1) is 12.4 Å². The number of nitrogens with one attached hydrogen (secondary N) is 1. The Morgan fingerprint density at radius 2 is 2.09 bits per heavy atom. The van der Waals surface area contributed by atoms with Crippen LogP contribution >= 0.6 is 12.4 Å². The van der Waals surface area contributed by atoms with Crippen LogP contribution in [0.15, 0.2) is 18.2 Å². The Labute approximate surface area is 137 Å². The first-order valence-electron chi connectivity index (χ1n) is 6.89. The zero-order valence-electron chi connectivity index (χ0n) is 12.7. The summed E-state index contributed by atoms with van der Waals surface area (Å²) in [6.07, 6.45) is 2.91. The maximum absolute atomic E-state index is 12.5. The number of amides is 1. The molecular formula is C14H22ClN3O3S. The third-order valence-corrected chi connectivity index (χ3v) is 4.12. The lowest BCUT2D eigenvalue weighted by molar-refractivity contribution is 0.0709. The Morgan fingerprint density at radius 1 is 1.41 bits per heavy atom. The highest BCUT2D eigenvalue weighted by molar-refractivity contribution is 7.92. The van der Waals surface area contributed by atoms with Gasteiger partial charge in [0.1, 0.15) is 0 Å². The van der Waals surface area contributed by atoms with Gasteiger partial charge in [-0.1, -0.05) is 6.07 Å². The van der Waals surface area contributed by atoms with Gasteiger partial charge in [0, 0.05) is 24.7 Å². The van der Waals surface area contributed by atoms with Crippen molar-refractivity contribution < 1.29 is 13.2 Å². The number of likely N-dealkylation sites (tertiary alicyclic amines) is 1. The average molecular weight is 348 g/mol. The van der Waals surface area contributed by atoms with Crippen LogP contribution in [0.25, 0.3) is 0 Å². The van der Waals surface area contributed by atoms with Gasteiger partial charge in [0.2, 0.25) is 10.0 Å². The van der Waals surface area contributed by atoms with Gasteiger partial charge in [-0.05, 0) is 37.5 Å². The lowest BCUT2D eigenvalue weighted by Crippen LogP contribution is -2.45. The van der Waals surface area contributed by atoms with Crippen LogP contribution in [0.2, 0.25) is 0 Å². The second-order valence-electron chi connectivity index (χ2n) is 5.56. The maximum Gasteiger partial charge on any atom is 0.253 e. The molecule has 3 N–H and O–H groups in total. The number of hydrogen-bond acceptors (Lipinski definition) is 4. The molecule has 0 saturated carbocycles. The van der Waals surface area contributed by atoms with Crippen molar-refractivity contribution in [3.63, 3.8) is 0 Å². The molecule has 0 spiro atoms. The highest BCUT2D eigenvalue weighted by atomic mass is 35.5. The fraction of sp³-hybridized carbons (Fsp3) is 0.500. The summed E-state index contributed by atoms with van der Waals surface area (Å²) in [6.45, 7) is 3.02. The summed E-state index contributed by atoms with van der Waals surface area (Å²) in [4.78, 5) is 14.2. The summed E-state index contributed by atoms with van der Waals surface area (Å²) >= 11 is 0.